The normalized spacial score (nSPS) is 10.3. The molecule has 0 bridgehead atoms. The molecule has 2 heteroatoms. The van der Waals surface area contributed by atoms with Gasteiger partial charge in [0.15, 0.2) is 0 Å². The average molecular weight is 236 g/mol. The number of hydrogen-bond acceptors (Lipinski definition) is 0. The molecule has 2 aromatic carbocycles. The molecular weight excluding hydrogens is 227 g/mol. The molecule has 2 aromatic rings. The first-order chi connectivity index (χ1) is 7.24. The van der Waals surface area contributed by atoms with Gasteiger partial charge in [0.05, 0.1) is 0 Å². The van der Waals surface area contributed by atoms with Gasteiger partial charge in [-0.3, -0.25) is 0 Å². The van der Waals surface area contributed by atoms with Gasteiger partial charge < -0.3 is 0 Å². The van der Waals surface area contributed by atoms with E-state index in [0.717, 1.165) is 11.1 Å². The second kappa shape index (κ2) is 4.69. The maximum absolute atomic E-state index is 5.91. The molecule has 0 atom stereocenters. The van der Waals surface area contributed by atoms with E-state index < -0.39 is 0 Å². The van der Waals surface area contributed by atoms with Crippen molar-refractivity contribution in [2.45, 2.75) is 0 Å². The SMILES string of the molecule is Clc1cc(Cl)cc([CH]c2ccccc2)c1. The van der Waals surface area contributed by atoms with Crippen LogP contribution in [0.2, 0.25) is 10.0 Å². The van der Waals surface area contributed by atoms with E-state index in [9.17, 15) is 0 Å². The molecule has 0 nitrogen and oxygen atoms in total. The molecule has 0 spiro atoms. The summed E-state index contributed by atoms with van der Waals surface area (Å²) in [5.41, 5.74) is 2.15. The molecule has 0 saturated heterocycles. The molecule has 75 valence electrons. The summed E-state index contributed by atoms with van der Waals surface area (Å²) in [5, 5.41) is 1.31. The Bertz CT molecular complexity index is 429. The van der Waals surface area contributed by atoms with Crippen molar-refractivity contribution >= 4 is 23.2 Å². The summed E-state index contributed by atoms with van der Waals surface area (Å²) in [5.74, 6) is 0. The number of halogens is 2. The first-order valence-electron chi connectivity index (χ1n) is 4.60. The van der Waals surface area contributed by atoms with Gasteiger partial charge in [-0.05, 0) is 29.3 Å². The summed E-state index contributed by atoms with van der Waals surface area (Å²) in [4.78, 5) is 0. The molecule has 0 aliphatic rings. The van der Waals surface area contributed by atoms with Crippen LogP contribution >= 0.6 is 23.2 Å². The second-order valence-electron chi connectivity index (χ2n) is 3.26. The fourth-order valence-corrected chi connectivity index (χ4v) is 1.94. The van der Waals surface area contributed by atoms with Crippen LogP contribution in [0.3, 0.4) is 0 Å². The Kier molecular flexibility index (Phi) is 3.30. The molecule has 0 saturated carbocycles. The highest BCUT2D eigenvalue weighted by Gasteiger charge is 1.99. The van der Waals surface area contributed by atoms with Gasteiger partial charge in [0, 0.05) is 16.5 Å². The van der Waals surface area contributed by atoms with Crippen molar-refractivity contribution in [3.05, 3.63) is 76.1 Å². The number of rotatable bonds is 2. The van der Waals surface area contributed by atoms with Gasteiger partial charge in [0.25, 0.3) is 0 Å². The Hall–Kier alpha value is -0.980. The van der Waals surface area contributed by atoms with E-state index in [2.05, 4.69) is 0 Å². The molecule has 0 aliphatic heterocycles. The quantitative estimate of drug-likeness (QED) is 0.715. The van der Waals surface area contributed by atoms with Crippen molar-refractivity contribution in [2.75, 3.05) is 0 Å². The summed E-state index contributed by atoms with van der Waals surface area (Å²) >= 11 is 11.8. The molecule has 0 aromatic heterocycles. The van der Waals surface area contributed by atoms with Gasteiger partial charge in [-0.1, -0.05) is 53.5 Å². The Labute approximate surface area is 99.5 Å². The van der Waals surface area contributed by atoms with Crippen molar-refractivity contribution in [2.24, 2.45) is 0 Å². The fraction of sp³-hybridized carbons (Fsp3) is 0. The van der Waals surface area contributed by atoms with Gasteiger partial charge in [-0.2, -0.15) is 0 Å². The lowest BCUT2D eigenvalue weighted by atomic mass is 10.1. The van der Waals surface area contributed by atoms with Gasteiger partial charge in [0.1, 0.15) is 0 Å². The third kappa shape index (κ3) is 2.98. The van der Waals surface area contributed by atoms with Crippen LogP contribution in [0.4, 0.5) is 0 Å². The highest BCUT2D eigenvalue weighted by molar-refractivity contribution is 6.34. The average Bonchev–Trinajstić information content (AvgIpc) is 2.17. The van der Waals surface area contributed by atoms with Gasteiger partial charge in [-0.15, -0.1) is 0 Å². The Morgan fingerprint density at radius 3 is 1.93 bits per heavy atom. The molecule has 2 rings (SSSR count). The van der Waals surface area contributed by atoms with Gasteiger partial charge in [-0.25, -0.2) is 0 Å². The van der Waals surface area contributed by atoms with E-state index in [1.165, 1.54) is 0 Å². The lowest BCUT2D eigenvalue weighted by Gasteiger charge is -2.02. The van der Waals surface area contributed by atoms with Crippen molar-refractivity contribution in [1.82, 2.24) is 0 Å². The number of hydrogen-bond donors (Lipinski definition) is 0. The molecule has 0 aliphatic carbocycles. The summed E-state index contributed by atoms with van der Waals surface area (Å²) in [6.07, 6.45) is 2.04. The third-order valence-electron chi connectivity index (χ3n) is 2.02. The summed E-state index contributed by atoms with van der Waals surface area (Å²) in [7, 11) is 0. The van der Waals surface area contributed by atoms with Crippen molar-refractivity contribution in [1.29, 1.82) is 0 Å². The largest absolute Gasteiger partial charge is 0.0843 e. The van der Waals surface area contributed by atoms with E-state index in [1.807, 2.05) is 48.9 Å². The van der Waals surface area contributed by atoms with Crippen LogP contribution < -0.4 is 0 Å². The zero-order chi connectivity index (χ0) is 10.7. The zero-order valence-electron chi connectivity index (χ0n) is 7.95. The van der Waals surface area contributed by atoms with E-state index >= 15 is 0 Å². The molecule has 0 heterocycles. The second-order valence-corrected chi connectivity index (χ2v) is 4.13. The van der Waals surface area contributed by atoms with E-state index in [-0.39, 0.29) is 0 Å². The van der Waals surface area contributed by atoms with Crippen molar-refractivity contribution in [3.8, 4) is 0 Å². The first kappa shape index (κ1) is 10.5. The Morgan fingerprint density at radius 1 is 0.733 bits per heavy atom. The molecule has 0 unspecified atom stereocenters. The van der Waals surface area contributed by atoms with E-state index in [4.69, 9.17) is 23.2 Å². The summed E-state index contributed by atoms with van der Waals surface area (Å²) in [6, 6.07) is 15.6. The molecule has 1 radical (unpaired) electrons. The molecule has 15 heavy (non-hydrogen) atoms. The van der Waals surface area contributed by atoms with Gasteiger partial charge >= 0.3 is 0 Å². The maximum Gasteiger partial charge on any atom is 0.0423 e. The minimum Gasteiger partial charge on any atom is -0.0843 e. The van der Waals surface area contributed by atoms with Crippen LogP contribution in [0.15, 0.2) is 48.5 Å². The minimum absolute atomic E-state index is 0.657. The van der Waals surface area contributed by atoms with Crippen molar-refractivity contribution in [3.63, 3.8) is 0 Å². The van der Waals surface area contributed by atoms with Crippen molar-refractivity contribution < 1.29 is 0 Å². The lowest BCUT2D eigenvalue weighted by Crippen LogP contribution is -1.84. The summed E-state index contributed by atoms with van der Waals surface area (Å²) in [6.45, 7) is 0. The predicted octanol–water partition coefficient (Wildman–Crippen LogP) is 4.59. The van der Waals surface area contributed by atoms with Crippen LogP contribution in [0.25, 0.3) is 0 Å². The summed E-state index contributed by atoms with van der Waals surface area (Å²) < 4.78 is 0. The van der Waals surface area contributed by atoms with Crippen LogP contribution in [0.5, 0.6) is 0 Å². The Balaban J connectivity index is 2.25. The van der Waals surface area contributed by atoms with Crippen LogP contribution in [0.1, 0.15) is 11.1 Å². The number of benzene rings is 2. The fourth-order valence-electron chi connectivity index (χ4n) is 1.40. The van der Waals surface area contributed by atoms with Crippen LogP contribution in [-0.2, 0) is 0 Å². The molecule has 0 N–H and O–H groups in total. The molecule has 0 fully saturated rings. The van der Waals surface area contributed by atoms with Gasteiger partial charge in [0.2, 0.25) is 0 Å². The maximum atomic E-state index is 5.91. The van der Waals surface area contributed by atoms with Crippen LogP contribution in [0, 0.1) is 6.42 Å². The molecular formula is C13H9Cl2. The predicted molar refractivity (Wildman–Crippen MR) is 65.4 cm³/mol. The lowest BCUT2D eigenvalue weighted by molar-refractivity contribution is 1.43. The topological polar surface area (TPSA) is 0 Å². The zero-order valence-corrected chi connectivity index (χ0v) is 9.46. The standard InChI is InChI=1S/C13H9Cl2/c14-12-7-11(8-13(15)9-12)6-10-4-2-1-3-5-10/h1-9H. The van der Waals surface area contributed by atoms with E-state index in [1.54, 1.807) is 6.07 Å². The monoisotopic (exact) mass is 235 g/mol. The van der Waals surface area contributed by atoms with Crippen LogP contribution in [-0.4, -0.2) is 0 Å². The Morgan fingerprint density at radius 2 is 1.33 bits per heavy atom. The third-order valence-corrected chi connectivity index (χ3v) is 2.45. The highest BCUT2D eigenvalue weighted by Crippen LogP contribution is 2.21. The minimum atomic E-state index is 0.657. The smallest absolute Gasteiger partial charge is 0.0423 e. The first-order valence-corrected chi connectivity index (χ1v) is 5.35. The molecule has 0 amide bonds. The highest BCUT2D eigenvalue weighted by atomic mass is 35.5. The van der Waals surface area contributed by atoms with E-state index in [0.29, 0.717) is 10.0 Å².